The van der Waals surface area contributed by atoms with Crippen LogP contribution in [0.1, 0.15) is 25.3 Å². The van der Waals surface area contributed by atoms with E-state index in [1.165, 1.54) is 0 Å². The van der Waals surface area contributed by atoms with Crippen LogP contribution >= 0.6 is 11.8 Å². The van der Waals surface area contributed by atoms with E-state index in [-0.39, 0.29) is 0 Å². The van der Waals surface area contributed by atoms with Crippen LogP contribution < -0.4 is 10.6 Å². The summed E-state index contributed by atoms with van der Waals surface area (Å²) in [6, 6.07) is -0.527. The Morgan fingerprint density at radius 1 is 1.45 bits per heavy atom. The van der Waals surface area contributed by atoms with Crippen LogP contribution in [0.15, 0.2) is 12.4 Å². The Kier molecular flexibility index (Phi) is 7.98. The molecule has 3 N–H and O–H groups in total. The van der Waals surface area contributed by atoms with E-state index in [9.17, 15) is 4.79 Å². The van der Waals surface area contributed by atoms with E-state index in [0.29, 0.717) is 18.9 Å². The number of aromatic nitrogens is 2. The van der Waals surface area contributed by atoms with Crippen molar-refractivity contribution in [2.75, 3.05) is 23.9 Å². The summed E-state index contributed by atoms with van der Waals surface area (Å²) in [4.78, 5) is 19.5. The molecule has 7 heteroatoms. The van der Waals surface area contributed by atoms with Crippen molar-refractivity contribution in [3.8, 4) is 0 Å². The summed E-state index contributed by atoms with van der Waals surface area (Å²) in [7, 11) is 0. The topological polar surface area (TPSA) is 87.1 Å². The third-order valence-electron chi connectivity index (χ3n) is 2.70. The van der Waals surface area contributed by atoms with Gasteiger partial charge in [-0.25, -0.2) is 9.97 Å². The maximum Gasteiger partial charge on any atom is 0.320 e. The monoisotopic (exact) mass is 298 g/mol. The lowest BCUT2D eigenvalue weighted by atomic mass is 10.2. The van der Waals surface area contributed by atoms with Crippen LogP contribution in [0.25, 0.3) is 0 Å². The van der Waals surface area contributed by atoms with Crippen molar-refractivity contribution in [1.82, 2.24) is 15.3 Å². The number of rotatable bonds is 10. The number of carboxylic acid groups (broad SMARTS) is 1. The predicted molar refractivity (Wildman–Crippen MR) is 82.1 cm³/mol. The Balaban J connectivity index is 2.44. The fourth-order valence-corrected chi connectivity index (χ4v) is 2.04. The number of carboxylic acids is 1. The fraction of sp³-hybridized carbons (Fsp3) is 0.615. The molecule has 1 atom stereocenters. The van der Waals surface area contributed by atoms with Crippen LogP contribution in [0.3, 0.4) is 0 Å². The normalized spacial score (nSPS) is 12.1. The van der Waals surface area contributed by atoms with Gasteiger partial charge in [0.05, 0.1) is 0 Å². The van der Waals surface area contributed by atoms with Gasteiger partial charge in [-0.05, 0) is 24.9 Å². The van der Waals surface area contributed by atoms with Gasteiger partial charge in [0.1, 0.15) is 6.04 Å². The molecule has 0 aliphatic carbocycles. The first-order valence-electron chi connectivity index (χ1n) is 6.67. The number of carbonyl (C=O) groups is 1. The third kappa shape index (κ3) is 6.21. The first kappa shape index (κ1) is 16.7. The molecule has 0 saturated carbocycles. The molecule has 1 rings (SSSR count). The summed E-state index contributed by atoms with van der Waals surface area (Å²) in [6.07, 6.45) is 7.02. The molecular formula is C13H22N4O2S. The molecule has 0 radical (unpaired) electrons. The molecule has 20 heavy (non-hydrogen) atoms. The number of aliphatic carboxylic acids is 1. The standard InChI is InChI=1S/C13H22N4O2S/c1-3-5-14-13-16-8-10(9-17-13)7-15-11(12(18)19)4-6-20-2/h8-9,11,15H,3-7H2,1-2H3,(H,18,19)(H,14,16,17)/t11-/m1/s1. The minimum Gasteiger partial charge on any atom is -0.480 e. The van der Waals surface area contributed by atoms with Gasteiger partial charge in [0.15, 0.2) is 0 Å². The van der Waals surface area contributed by atoms with Gasteiger partial charge in [0, 0.05) is 31.0 Å². The first-order valence-corrected chi connectivity index (χ1v) is 8.06. The molecule has 1 heterocycles. The van der Waals surface area contributed by atoms with Crippen LogP contribution in [0.5, 0.6) is 0 Å². The first-order chi connectivity index (χ1) is 9.67. The molecule has 0 aliphatic rings. The average molecular weight is 298 g/mol. The van der Waals surface area contributed by atoms with Crippen molar-refractivity contribution in [3.63, 3.8) is 0 Å². The van der Waals surface area contributed by atoms with Gasteiger partial charge in [0.2, 0.25) is 5.95 Å². The molecule has 0 aliphatic heterocycles. The molecule has 0 amide bonds. The fourth-order valence-electron chi connectivity index (χ4n) is 1.56. The zero-order valence-corrected chi connectivity index (χ0v) is 12.7. The van der Waals surface area contributed by atoms with E-state index in [4.69, 9.17) is 5.11 Å². The van der Waals surface area contributed by atoms with E-state index in [0.717, 1.165) is 24.3 Å². The molecular weight excluding hydrogens is 276 g/mol. The summed E-state index contributed by atoms with van der Waals surface area (Å²) in [5.74, 6) is 0.606. The zero-order chi connectivity index (χ0) is 14.8. The molecule has 0 unspecified atom stereocenters. The van der Waals surface area contributed by atoms with Gasteiger partial charge in [-0.2, -0.15) is 11.8 Å². The van der Waals surface area contributed by atoms with Crippen LogP contribution in [0.4, 0.5) is 5.95 Å². The summed E-state index contributed by atoms with van der Waals surface area (Å²) in [6.45, 7) is 3.37. The van der Waals surface area contributed by atoms with Crippen LogP contribution in [-0.2, 0) is 11.3 Å². The number of hydrogen-bond donors (Lipinski definition) is 3. The van der Waals surface area contributed by atoms with Crippen molar-refractivity contribution in [2.45, 2.75) is 32.4 Å². The second-order valence-electron chi connectivity index (χ2n) is 4.39. The Morgan fingerprint density at radius 2 is 2.15 bits per heavy atom. The summed E-state index contributed by atoms with van der Waals surface area (Å²) >= 11 is 1.64. The van der Waals surface area contributed by atoms with Gasteiger partial charge in [-0.1, -0.05) is 6.92 Å². The van der Waals surface area contributed by atoms with E-state index in [1.807, 2.05) is 6.26 Å². The zero-order valence-electron chi connectivity index (χ0n) is 11.9. The molecule has 6 nitrogen and oxygen atoms in total. The van der Waals surface area contributed by atoms with Crippen LogP contribution in [-0.4, -0.2) is 45.6 Å². The Hall–Kier alpha value is -1.34. The Labute approximate surface area is 123 Å². The quantitative estimate of drug-likeness (QED) is 0.604. The number of nitrogens with one attached hydrogen (secondary N) is 2. The van der Waals surface area contributed by atoms with Crippen molar-refractivity contribution < 1.29 is 9.90 Å². The van der Waals surface area contributed by atoms with Gasteiger partial charge >= 0.3 is 5.97 Å². The highest BCUT2D eigenvalue weighted by molar-refractivity contribution is 7.98. The maximum atomic E-state index is 11.1. The molecule has 0 aromatic carbocycles. The van der Waals surface area contributed by atoms with Gasteiger partial charge in [-0.3, -0.25) is 4.79 Å². The molecule has 1 aromatic heterocycles. The van der Waals surface area contributed by atoms with Gasteiger partial charge < -0.3 is 15.7 Å². The lowest BCUT2D eigenvalue weighted by molar-refractivity contribution is -0.139. The van der Waals surface area contributed by atoms with Crippen molar-refractivity contribution in [3.05, 3.63) is 18.0 Å². The second kappa shape index (κ2) is 9.55. The van der Waals surface area contributed by atoms with E-state index >= 15 is 0 Å². The summed E-state index contributed by atoms with van der Waals surface area (Å²) < 4.78 is 0. The van der Waals surface area contributed by atoms with Crippen molar-refractivity contribution >= 4 is 23.7 Å². The SMILES string of the molecule is CCCNc1ncc(CN[C@H](CCSC)C(=O)O)cn1. The molecule has 0 spiro atoms. The molecule has 0 saturated heterocycles. The molecule has 112 valence electrons. The minimum absolute atomic E-state index is 0.458. The number of nitrogens with zero attached hydrogens (tertiary/aromatic N) is 2. The summed E-state index contributed by atoms with van der Waals surface area (Å²) in [5, 5.41) is 15.2. The van der Waals surface area contributed by atoms with E-state index in [1.54, 1.807) is 24.2 Å². The second-order valence-corrected chi connectivity index (χ2v) is 5.38. The maximum absolute atomic E-state index is 11.1. The van der Waals surface area contributed by atoms with Crippen LogP contribution in [0, 0.1) is 0 Å². The largest absolute Gasteiger partial charge is 0.480 e. The lowest BCUT2D eigenvalue weighted by Gasteiger charge is -2.13. The van der Waals surface area contributed by atoms with Gasteiger partial charge in [0.25, 0.3) is 0 Å². The van der Waals surface area contributed by atoms with Gasteiger partial charge in [-0.15, -0.1) is 0 Å². The van der Waals surface area contributed by atoms with E-state index in [2.05, 4.69) is 27.5 Å². The Morgan fingerprint density at radius 3 is 2.70 bits per heavy atom. The molecule has 0 bridgehead atoms. The highest BCUT2D eigenvalue weighted by Gasteiger charge is 2.15. The highest BCUT2D eigenvalue weighted by atomic mass is 32.2. The van der Waals surface area contributed by atoms with Crippen LogP contribution in [0.2, 0.25) is 0 Å². The average Bonchev–Trinajstić information content (AvgIpc) is 2.46. The van der Waals surface area contributed by atoms with Crippen molar-refractivity contribution in [1.29, 1.82) is 0 Å². The minimum atomic E-state index is -0.818. The third-order valence-corrected chi connectivity index (χ3v) is 3.34. The highest BCUT2D eigenvalue weighted by Crippen LogP contribution is 2.04. The number of anilines is 1. The smallest absolute Gasteiger partial charge is 0.320 e. The summed E-state index contributed by atoms with van der Waals surface area (Å²) in [5.41, 5.74) is 0.877. The number of thioether (sulfide) groups is 1. The number of hydrogen-bond acceptors (Lipinski definition) is 6. The molecule has 1 aromatic rings. The Bertz CT molecular complexity index is 400. The van der Waals surface area contributed by atoms with E-state index < -0.39 is 12.0 Å². The van der Waals surface area contributed by atoms with Crippen molar-refractivity contribution in [2.24, 2.45) is 0 Å². The lowest BCUT2D eigenvalue weighted by Crippen LogP contribution is -2.36. The predicted octanol–water partition coefficient (Wildman–Crippen LogP) is 1.59. The molecule has 0 fully saturated rings.